The molecule has 5 heteroatoms. The molecule has 1 atom stereocenters. The van der Waals surface area contributed by atoms with Crippen molar-refractivity contribution in [3.05, 3.63) is 29.8 Å². The zero-order valence-corrected chi connectivity index (χ0v) is 13.8. The number of ether oxygens (including phenoxy) is 2. The first-order chi connectivity index (χ1) is 10.6. The number of rotatable bonds is 7. The van der Waals surface area contributed by atoms with Crippen molar-refractivity contribution >= 4 is 12.1 Å². The van der Waals surface area contributed by atoms with Gasteiger partial charge in [-0.2, -0.15) is 0 Å². The number of carbonyl (C=O) groups is 2. The molecule has 0 fully saturated rings. The lowest BCUT2D eigenvalue weighted by molar-refractivity contribution is -0.145. The maximum absolute atomic E-state index is 12.1. The minimum atomic E-state index is -0.430. The highest BCUT2D eigenvalue weighted by Gasteiger charge is 2.25. The Balaban J connectivity index is 3.02. The van der Waals surface area contributed by atoms with Gasteiger partial charge < -0.3 is 14.4 Å². The molecule has 0 aliphatic rings. The fraction of sp³-hybridized carbons (Fsp3) is 0.529. The van der Waals surface area contributed by atoms with Gasteiger partial charge in [0.15, 0.2) is 0 Å². The fourth-order valence-electron chi connectivity index (χ4n) is 2.26. The van der Waals surface area contributed by atoms with Crippen LogP contribution in [0, 0.1) is 0 Å². The van der Waals surface area contributed by atoms with E-state index in [4.69, 9.17) is 9.47 Å². The van der Waals surface area contributed by atoms with Crippen molar-refractivity contribution in [3.8, 4) is 5.75 Å². The number of para-hydroxylation sites is 1. The highest BCUT2D eigenvalue weighted by Crippen LogP contribution is 2.30. The molecule has 0 aromatic heterocycles. The summed E-state index contributed by atoms with van der Waals surface area (Å²) >= 11 is 0. The minimum absolute atomic E-state index is 0.295. The van der Waals surface area contributed by atoms with Gasteiger partial charge in [0.25, 0.3) is 0 Å². The first-order valence-electron chi connectivity index (χ1n) is 7.81. The van der Waals surface area contributed by atoms with Gasteiger partial charge in [-0.3, -0.25) is 4.79 Å². The molecule has 1 rings (SSSR count). The Hall–Kier alpha value is -2.04. The molecule has 0 aliphatic carbocycles. The maximum atomic E-state index is 12.1. The summed E-state index contributed by atoms with van der Waals surface area (Å²) in [5.74, 6) is -0.309. The van der Waals surface area contributed by atoms with E-state index < -0.39 is 12.0 Å². The molecule has 1 unspecified atom stereocenters. The largest absolute Gasteiger partial charge is 0.466 e. The third-order valence-electron chi connectivity index (χ3n) is 3.49. The van der Waals surface area contributed by atoms with Crippen LogP contribution in [0.3, 0.4) is 0 Å². The van der Waals surface area contributed by atoms with E-state index in [0.717, 1.165) is 0 Å². The maximum Gasteiger partial charge on any atom is 0.415 e. The molecule has 0 aliphatic heterocycles. The number of hydrogen-bond donors (Lipinski definition) is 0. The fourth-order valence-corrected chi connectivity index (χ4v) is 2.26. The summed E-state index contributed by atoms with van der Waals surface area (Å²) in [7, 11) is 0. The number of nitrogens with zero attached hydrogens (tertiary/aromatic N) is 1. The number of carbonyl (C=O) groups excluding carboxylic acids is 2. The molecule has 0 radical (unpaired) electrons. The van der Waals surface area contributed by atoms with Crippen molar-refractivity contribution in [2.75, 3.05) is 19.7 Å². The van der Waals surface area contributed by atoms with E-state index in [-0.39, 0.29) is 5.97 Å². The monoisotopic (exact) mass is 307 g/mol. The van der Waals surface area contributed by atoms with E-state index in [9.17, 15) is 9.59 Å². The Labute approximate surface area is 132 Å². The van der Waals surface area contributed by atoms with Crippen molar-refractivity contribution in [1.29, 1.82) is 0 Å². The number of benzene rings is 1. The van der Waals surface area contributed by atoms with Crippen LogP contribution in [0.5, 0.6) is 5.75 Å². The van der Waals surface area contributed by atoms with Gasteiger partial charge in [0.1, 0.15) is 5.75 Å². The molecule has 1 aromatic carbocycles. The first kappa shape index (κ1) is 18.0. The second-order valence-corrected chi connectivity index (χ2v) is 4.79. The van der Waals surface area contributed by atoms with Crippen LogP contribution in [0.1, 0.15) is 45.6 Å². The van der Waals surface area contributed by atoms with Gasteiger partial charge in [-0.15, -0.1) is 0 Å². The molecule has 5 nitrogen and oxygen atoms in total. The molecule has 0 N–H and O–H groups in total. The average Bonchev–Trinajstić information content (AvgIpc) is 2.51. The lowest BCUT2D eigenvalue weighted by Gasteiger charge is -2.21. The van der Waals surface area contributed by atoms with Gasteiger partial charge in [-0.05, 0) is 33.3 Å². The topological polar surface area (TPSA) is 55.8 Å². The zero-order valence-electron chi connectivity index (χ0n) is 13.8. The van der Waals surface area contributed by atoms with Gasteiger partial charge in [-0.1, -0.05) is 25.1 Å². The van der Waals surface area contributed by atoms with E-state index in [1.54, 1.807) is 30.0 Å². The van der Waals surface area contributed by atoms with Crippen molar-refractivity contribution in [1.82, 2.24) is 4.90 Å². The molecule has 0 bridgehead atoms. The Bertz CT molecular complexity index is 497. The predicted molar refractivity (Wildman–Crippen MR) is 85.1 cm³/mol. The molecule has 122 valence electrons. The zero-order chi connectivity index (χ0) is 16.5. The van der Waals surface area contributed by atoms with Crippen LogP contribution in [0.15, 0.2) is 24.3 Å². The summed E-state index contributed by atoms with van der Waals surface area (Å²) in [5, 5.41) is 0. The SMILES string of the molecule is CCOC(=O)C(CC)c1ccccc1OC(=O)N(CC)CC. The van der Waals surface area contributed by atoms with E-state index in [1.165, 1.54) is 0 Å². The van der Waals surface area contributed by atoms with Gasteiger partial charge >= 0.3 is 12.1 Å². The van der Waals surface area contributed by atoms with Gasteiger partial charge in [0.2, 0.25) is 0 Å². The Morgan fingerprint density at radius 3 is 2.27 bits per heavy atom. The van der Waals surface area contributed by atoms with E-state index in [0.29, 0.717) is 37.4 Å². The van der Waals surface area contributed by atoms with Crippen molar-refractivity contribution in [2.45, 2.75) is 40.0 Å². The molecule has 1 amide bonds. The summed E-state index contributed by atoms with van der Waals surface area (Å²) in [6, 6.07) is 7.12. The third-order valence-corrected chi connectivity index (χ3v) is 3.49. The molecular weight excluding hydrogens is 282 g/mol. The third kappa shape index (κ3) is 4.48. The highest BCUT2D eigenvalue weighted by atomic mass is 16.6. The minimum Gasteiger partial charge on any atom is -0.466 e. The van der Waals surface area contributed by atoms with Gasteiger partial charge in [0, 0.05) is 18.7 Å². The van der Waals surface area contributed by atoms with Crippen LogP contribution in [-0.2, 0) is 9.53 Å². The van der Waals surface area contributed by atoms with Crippen molar-refractivity contribution in [3.63, 3.8) is 0 Å². The van der Waals surface area contributed by atoms with E-state index >= 15 is 0 Å². The Kier molecular flexibility index (Phi) is 7.43. The first-order valence-corrected chi connectivity index (χ1v) is 7.81. The molecule has 0 saturated heterocycles. The van der Waals surface area contributed by atoms with Crippen LogP contribution >= 0.6 is 0 Å². The number of esters is 1. The summed E-state index contributed by atoms with van der Waals surface area (Å²) in [6.07, 6.45) is 0.176. The number of hydrogen-bond acceptors (Lipinski definition) is 4. The summed E-state index contributed by atoms with van der Waals surface area (Å²) < 4.78 is 10.6. The molecule has 0 heterocycles. The summed E-state index contributed by atoms with van der Waals surface area (Å²) in [6.45, 7) is 8.95. The standard InChI is InChI=1S/C17H25NO4/c1-5-13(16(19)21-8-4)14-11-9-10-12-15(14)22-17(20)18(6-2)7-3/h9-13H,5-8H2,1-4H3. The summed E-state index contributed by atoms with van der Waals surface area (Å²) in [5.41, 5.74) is 0.684. The average molecular weight is 307 g/mol. The van der Waals surface area contributed by atoms with Crippen LogP contribution in [0.25, 0.3) is 0 Å². The summed E-state index contributed by atoms with van der Waals surface area (Å²) in [4.78, 5) is 25.8. The number of amides is 1. The normalized spacial score (nSPS) is 11.6. The quantitative estimate of drug-likeness (QED) is 0.722. The molecule has 0 spiro atoms. The second-order valence-electron chi connectivity index (χ2n) is 4.79. The molecule has 1 aromatic rings. The van der Waals surface area contributed by atoms with E-state index in [1.807, 2.05) is 26.8 Å². The van der Waals surface area contributed by atoms with Crippen molar-refractivity contribution in [2.24, 2.45) is 0 Å². The smallest absolute Gasteiger partial charge is 0.415 e. The van der Waals surface area contributed by atoms with E-state index in [2.05, 4.69) is 0 Å². The molecule has 0 saturated carbocycles. The Morgan fingerprint density at radius 2 is 1.73 bits per heavy atom. The van der Waals surface area contributed by atoms with Crippen LogP contribution < -0.4 is 4.74 Å². The molecular formula is C17H25NO4. The van der Waals surface area contributed by atoms with Gasteiger partial charge in [0.05, 0.1) is 12.5 Å². The van der Waals surface area contributed by atoms with Crippen LogP contribution in [0.2, 0.25) is 0 Å². The highest BCUT2D eigenvalue weighted by molar-refractivity contribution is 5.80. The second kappa shape index (κ2) is 9.07. The van der Waals surface area contributed by atoms with Crippen molar-refractivity contribution < 1.29 is 19.1 Å². The van der Waals surface area contributed by atoms with Crippen LogP contribution in [0.4, 0.5) is 4.79 Å². The predicted octanol–water partition coefficient (Wildman–Crippen LogP) is 3.58. The van der Waals surface area contributed by atoms with Gasteiger partial charge in [-0.25, -0.2) is 4.79 Å². The molecule has 22 heavy (non-hydrogen) atoms. The Morgan fingerprint density at radius 1 is 1.09 bits per heavy atom. The lowest BCUT2D eigenvalue weighted by Crippen LogP contribution is -2.33. The van der Waals surface area contributed by atoms with Crippen LogP contribution in [-0.4, -0.2) is 36.7 Å². The lowest BCUT2D eigenvalue weighted by atomic mass is 9.96.